The number of para-hydroxylation sites is 1. The highest BCUT2D eigenvalue weighted by Gasteiger charge is 2.12. The molecule has 5 heteroatoms. The average Bonchev–Trinajstić information content (AvgIpc) is 2.87. The molecular weight excluding hydrogens is 342 g/mol. The number of nitrogens with one attached hydrogen (secondary N) is 1. The quantitative estimate of drug-likeness (QED) is 0.565. The Bertz CT molecular complexity index is 850. The first-order chi connectivity index (χ1) is 10.6. The maximum atomic E-state index is 12.3. The number of fused-ring (bicyclic) bond motifs is 1. The summed E-state index contributed by atoms with van der Waals surface area (Å²) in [5.41, 5.74) is 5.13. The van der Waals surface area contributed by atoms with Crippen LogP contribution in [0.15, 0.2) is 64.3 Å². The first-order valence-corrected chi connectivity index (χ1v) is 7.57. The van der Waals surface area contributed by atoms with Crippen LogP contribution >= 0.6 is 15.9 Å². The molecule has 0 radical (unpaired) electrons. The molecule has 0 aliphatic heterocycles. The van der Waals surface area contributed by atoms with Crippen molar-refractivity contribution in [1.82, 2.24) is 9.99 Å². The molecule has 3 aromatic rings. The molecule has 0 spiro atoms. The van der Waals surface area contributed by atoms with Crippen LogP contribution in [0.1, 0.15) is 15.9 Å². The normalized spacial score (nSPS) is 11.2. The standard InChI is InChI=1S/C17H14BrN3O/c1-21-11-15(14-4-2-3-5-16(14)21)17(22)20-19-10-12-6-8-13(18)9-7-12/h2-11H,1H3,(H,20,22)/b19-10-. The summed E-state index contributed by atoms with van der Waals surface area (Å²) in [5, 5.41) is 4.93. The lowest BCUT2D eigenvalue weighted by Crippen LogP contribution is -2.17. The number of rotatable bonds is 3. The Kier molecular flexibility index (Phi) is 4.06. The Labute approximate surface area is 136 Å². The topological polar surface area (TPSA) is 46.4 Å². The number of carbonyl (C=O) groups is 1. The van der Waals surface area contributed by atoms with Gasteiger partial charge >= 0.3 is 0 Å². The third kappa shape index (κ3) is 2.94. The maximum Gasteiger partial charge on any atom is 0.273 e. The Morgan fingerprint density at radius 1 is 1.18 bits per heavy atom. The summed E-state index contributed by atoms with van der Waals surface area (Å²) in [6.45, 7) is 0. The first kappa shape index (κ1) is 14.5. The van der Waals surface area contributed by atoms with Gasteiger partial charge in [0.25, 0.3) is 5.91 Å². The van der Waals surface area contributed by atoms with Gasteiger partial charge in [-0.25, -0.2) is 5.43 Å². The second-order valence-corrected chi connectivity index (χ2v) is 5.84. The Balaban J connectivity index is 1.78. The van der Waals surface area contributed by atoms with E-state index in [2.05, 4.69) is 26.5 Å². The fraction of sp³-hybridized carbons (Fsp3) is 0.0588. The molecule has 0 atom stereocenters. The predicted molar refractivity (Wildman–Crippen MR) is 92.1 cm³/mol. The minimum atomic E-state index is -0.217. The van der Waals surface area contributed by atoms with Gasteiger partial charge in [-0.2, -0.15) is 5.10 Å². The number of nitrogens with zero attached hydrogens (tertiary/aromatic N) is 2. The third-order valence-electron chi connectivity index (χ3n) is 3.39. The van der Waals surface area contributed by atoms with Crippen LogP contribution in [0, 0.1) is 0 Å². The predicted octanol–water partition coefficient (Wildman–Crippen LogP) is 3.70. The van der Waals surface area contributed by atoms with Gasteiger partial charge in [0.1, 0.15) is 0 Å². The summed E-state index contributed by atoms with van der Waals surface area (Å²) < 4.78 is 2.94. The molecular formula is C17H14BrN3O. The zero-order valence-corrected chi connectivity index (χ0v) is 13.5. The number of hydrogen-bond donors (Lipinski definition) is 1. The average molecular weight is 356 g/mol. The number of aryl methyl sites for hydroxylation is 1. The number of carbonyl (C=O) groups excluding carboxylic acids is 1. The van der Waals surface area contributed by atoms with Gasteiger partial charge in [0, 0.05) is 28.6 Å². The van der Waals surface area contributed by atoms with Gasteiger partial charge in [-0.1, -0.05) is 46.3 Å². The molecule has 2 aromatic carbocycles. The van der Waals surface area contributed by atoms with Crippen molar-refractivity contribution in [2.24, 2.45) is 12.1 Å². The SMILES string of the molecule is Cn1cc(C(=O)N/N=C\c2ccc(Br)cc2)c2ccccc21. The van der Waals surface area contributed by atoms with Crippen molar-refractivity contribution in [2.45, 2.75) is 0 Å². The molecule has 4 nitrogen and oxygen atoms in total. The minimum absolute atomic E-state index is 0.217. The lowest BCUT2D eigenvalue weighted by Gasteiger charge is -1.98. The second-order valence-electron chi connectivity index (χ2n) is 4.92. The van der Waals surface area contributed by atoms with E-state index in [0.29, 0.717) is 5.56 Å². The van der Waals surface area contributed by atoms with Crippen LogP contribution in [0.25, 0.3) is 10.9 Å². The number of hydrazone groups is 1. The number of halogens is 1. The molecule has 0 aliphatic rings. The van der Waals surface area contributed by atoms with Crippen molar-refractivity contribution >= 4 is 39.0 Å². The van der Waals surface area contributed by atoms with Crippen LogP contribution < -0.4 is 5.43 Å². The van der Waals surface area contributed by atoms with Gasteiger partial charge in [-0.05, 0) is 23.8 Å². The van der Waals surface area contributed by atoms with Crippen LogP contribution in [0.3, 0.4) is 0 Å². The molecule has 1 N–H and O–H groups in total. The second kappa shape index (κ2) is 6.15. The zero-order valence-electron chi connectivity index (χ0n) is 12.0. The Morgan fingerprint density at radius 2 is 1.91 bits per heavy atom. The highest BCUT2D eigenvalue weighted by molar-refractivity contribution is 9.10. The molecule has 1 aromatic heterocycles. The van der Waals surface area contributed by atoms with E-state index in [-0.39, 0.29) is 5.91 Å². The number of amides is 1. The van der Waals surface area contributed by atoms with Crippen molar-refractivity contribution in [3.63, 3.8) is 0 Å². The number of hydrogen-bond acceptors (Lipinski definition) is 2. The van der Waals surface area contributed by atoms with Gasteiger partial charge in [0.15, 0.2) is 0 Å². The van der Waals surface area contributed by atoms with Crippen LogP contribution in [0.5, 0.6) is 0 Å². The van der Waals surface area contributed by atoms with E-state index in [1.165, 1.54) is 0 Å². The fourth-order valence-corrected chi connectivity index (χ4v) is 2.56. The summed E-state index contributed by atoms with van der Waals surface area (Å²) in [6, 6.07) is 15.5. The van der Waals surface area contributed by atoms with Gasteiger partial charge in [0.2, 0.25) is 0 Å². The molecule has 0 saturated heterocycles. The fourth-order valence-electron chi connectivity index (χ4n) is 2.30. The molecule has 0 aliphatic carbocycles. The van der Waals surface area contributed by atoms with E-state index in [1.807, 2.05) is 66.3 Å². The molecule has 0 saturated carbocycles. The third-order valence-corrected chi connectivity index (χ3v) is 3.92. The monoisotopic (exact) mass is 355 g/mol. The molecule has 3 rings (SSSR count). The van der Waals surface area contributed by atoms with Crippen molar-refractivity contribution in [2.75, 3.05) is 0 Å². The van der Waals surface area contributed by atoms with E-state index in [0.717, 1.165) is 20.9 Å². The van der Waals surface area contributed by atoms with Gasteiger partial charge in [-0.15, -0.1) is 0 Å². The highest BCUT2D eigenvalue weighted by Crippen LogP contribution is 2.20. The summed E-state index contributed by atoms with van der Waals surface area (Å²) in [6.07, 6.45) is 3.44. The van der Waals surface area contributed by atoms with E-state index in [9.17, 15) is 4.79 Å². The van der Waals surface area contributed by atoms with E-state index in [4.69, 9.17) is 0 Å². The minimum Gasteiger partial charge on any atom is -0.350 e. The Morgan fingerprint density at radius 3 is 2.68 bits per heavy atom. The van der Waals surface area contributed by atoms with Crippen molar-refractivity contribution in [3.8, 4) is 0 Å². The van der Waals surface area contributed by atoms with Crippen LogP contribution in [-0.2, 0) is 7.05 Å². The first-order valence-electron chi connectivity index (χ1n) is 6.78. The lowest BCUT2D eigenvalue weighted by molar-refractivity contribution is 0.0956. The largest absolute Gasteiger partial charge is 0.350 e. The molecule has 0 unspecified atom stereocenters. The van der Waals surface area contributed by atoms with Crippen molar-refractivity contribution < 1.29 is 4.79 Å². The summed E-state index contributed by atoms with van der Waals surface area (Å²) in [4.78, 5) is 12.3. The molecule has 1 heterocycles. The Hall–Kier alpha value is -2.40. The molecule has 110 valence electrons. The van der Waals surface area contributed by atoms with Gasteiger partial charge in [0.05, 0.1) is 11.8 Å². The van der Waals surface area contributed by atoms with E-state index in [1.54, 1.807) is 6.21 Å². The maximum absolute atomic E-state index is 12.3. The zero-order chi connectivity index (χ0) is 15.5. The number of benzene rings is 2. The van der Waals surface area contributed by atoms with Crippen LogP contribution in [-0.4, -0.2) is 16.7 Å². The molecule has 1 amide bonds. The van der Waals surface area contributed by atoms with Crippen molar-refractivity contribution in [1.29, 1.82) is 0 Å². The van der Waals surface area contributed by atoms with Gasteiger partial charge in [-0.3, -0.25) is 4.79 Å². The van der Waals surface area contributed by atoms with Crippen molar-refractivity contribution in [3.05, 3.63) is 70.3 Å². The summed E-state index contributed by atoms with van der Waals surface area (Å²) in [7, 11) is 1.92. The smallest absolute Gasteiger partial charge is 0.273 e. The number of aromatic nitrogens is 1. The summed E-state index contributed by atoms with van der Waals surface area (Å²) in [5.74, 6) is -0.217. The van der Waals surface area contributed by atoms with Crippen LogP contribution in [0.2, 0.25) is 0 Å². The summed E-state index contributed by atoms with van der Waals surface area (Å²) >= 11 is 3.38. The van der Waals surface area contributed by atoms with Crippen LogP contribution in [0.4, 0.5) is 0 Å². The molecule has 0 fully saturated rings. The molecule has 22 heavy (non-hydrogen) atoms. The van der Waals surface area contributed by atoms with E-state index < -0.39 is 0 Å². The lowest BCUT2D eigenvalue weighted by atomic mass is 10.2. The molecule has 0 bridgehead atoms. The van der Waals surface area contributed by atoms with E-state index >= 15 is 0 Å². The van der Waals surface area contributed by atoms with Gasteiger partial charge < -0.3 is 4.57 Å². The highest BCUT2D eigenvalue weighted by atomic mass is 79.9.